The van der Waals surface area contributed by atoms with Gasteiger partial charge in [0.05, 0.1) is 0 Å². The normalized spacial score (nSPS) is 12.7. The molecule has 2 rings (SSSR count). The van der Waals surface area contributed by atoms with Crippen molar-refractivity contribution in [2.45, 2.75) is 20.3 Å². The van der Waals surface area contributed by atoms with E-state index in [1.165, 1.54) is 0 Å². The summed E-state index contributed by atoms with van der Waals surface area (Å²) >= 11 is 6.07. The fourth-order valence-corrected chi connectivity index (χ4v) is 2.22. The molecular formula is C14H18ClN3. The van der Waals surface area contributed by atoms with Gasteiger partial charge in [-0.05, 0) is 5.92 Å². The fourth-order valence-electron chi connectivity index (χ4n) is 2.02. The zero-order valence-electron chi connectivity index (χ0n) is 11.0. The molecular weight excluding hydrogens is 246 g/mol. The van der Waals surface area contributed by atoms with E-state index in [2.05, 4.69) is 36.0 Å². The summed E-state index contributed by atoms with van der Waals surface area (Å²) in [6.07, 6.45) is 1.16. The molecule has 0 amide bonds. The van der Waals surface area contributed by atoms with Crippen LogP contribution in [0.1, 0.15) is 20.3 Å². The molecule has 0 bridgehead atoms. The molecule has 3 nitrogen and oxygen atoms in total. The Morgan fingerprint density at radius 1 is 1.22 bits per heavy atom. The molecule has 1 heterocycles. The van der Waals surface area contributed by atoms with E-state index in [1.807, 2.05) is 24.3 Å². The Balaban J connectivity index is 2.42. The average molecular weight is 264 g/mol. The number of fused-ring (bicyclic) bond motifs is 1. The predicted molar refractivity (Wildman–Crippen MR) is 77.3 cm³/mol. The molecule has 0 aliphatic carbocycles. The van der Waals surface area contributed by atoms with Crippen molar-refractivity contribution in [3.63, 3.8) is 0 Å². The van der Waals surface area contributed by atoms with Crippen LogP contribution in [0.4, 0.5) is 5.82 Å². The third-order valence-electron chi connectivity index (χ3n) is 3.27. The Labute approximate surface area is 113 Å². The van der Waals surface area contributed by atoms with Gasteiger partial charge in [0.1, 0.15) is 0 Å². The van der Waals surface area contributed by atoms with E-state index in [1.54, 1.807) is 0 Å². The van der Waals surface area contributed by atoms with Gasteiger partial charge in [0.15, 0.2) is 11.0 Å². The highest BCUT2D eigenvalue weighted by molar-refractivity contribution is 6.34. The lowest BCUT2D eigenvalue weighted by atomic mass is 10.1. The fraction of sp³-hybridized carbons (Fsp3) is 0.429. The largest absolute Gasteiger partial charge is 0.357 e. The van der Waals surface area contributed by atoms with Crippen LogP contribution in [-0.2, 0) is 0 Å². The highest BCUT2D eigenvalue weighted by Crippen LogP contribution is 2.27. The molecule has 0 spiro atoms. The minimum Gasteiger partial charge on any atom is -0.357 e. The summed E-state index contributed by atoms with van der Waals surface area (Å²) in [4.78, 5) is 2.15. The van der Waals surface area contributed by atoms with E-state index in [0.717, 1.165) is 29.6 Å². The lowest BCUT2D eigenvalue weighted by Crippen LogP contribution is -2.25. The minimum absolute atomic E-state index is 0.464. The van der Waals surface area contributed by atoms with Crippen LogP contribution in [0, 0.1) is 5.92 Å². The molecule has 0 saturated carbocycles. The first-order chi connectivity index (χ1) is 8.63. The molecule has 2 aromatic rings. The Hall–Kier alpha value is -1.35. The molecule has 18 heavy (non-hydrogen) atoms. The lowest BCUT2D eigenvalue weighted by molar-refractivity contribution is 0.557. The van der Waals surface area contributed by atoms with Crippen molar-refractivity contribution in [2.75, 3.05) is 18.5 Å². The van der Waals surface area contributed by atoms with Crippen LogP contribution < -0.4 is 4.90 Å². The lowest BCUT2D eigenvalue weighted by Gasteiger charge is -2.22. The maximum Gasteiger partial charge on any atom is 0.159 e. The first-order valence-corrected chi connectivity index (χ1v) is 6.63. The third kappa shape index (κ3) is 2.56. The molecule has 0 aliphatic rings. The summed E-state index contributed by atoms with van der Waals surface area (Å²) < 4.78 is 0. The molecule has 4 heteroatoms. The maximum absolute atomic E-state index is 6.07. The number of hydrogen-bond acceptors (Lipinski definition) is 3. The van der Waals surface area contributed by atoms with Crippen LogP contribution >= 0.6 is 11.6 Å². The quantitative estimate of drug-likeness (QED) is 0.841. The second kappa shape index (κ2) is 5.53. The van der Waals surface area contributed by atoms with E-state index < -0.39 is 0 Å². The molecule has 1 aromatic heterocycles. The van der Waals surface area contributed by atoms with E-state index in [4.69, 9.17) is 11.6 Å². The van der Waals surface area contributed by atoms with Crippen molar-refractivity contribution in [3.05, 3.63) is 29.4 Å². The van der Waals surface area contributed by atoms with E-state index in [9.17, 15) is 0 Å². The second-order valence-electron chi connectivity index (χ2n) is 4.75. The van der Waals surface area contributed by atoms with Gasteiger partial charge in [-0.1, -0.05) is 56.1 Å². The van der Waals surface area contributed by atoms with Crippen molar-refractivity contribution in [3.8, 4) is 0 Å². The van der Waals surface area contributed by atoms with Crippen LogP contribution in [0.5, 0.6) is 0 Å². The molecule has 0 aliphatic heterocycles. The van der Waals surface area contributed by atoms with E-state index in [-0.39, 0.29) is 0 Å². The Morgan fingerprint density at radius 2 is 1.89 bits per heavy atom. The Bertz CT molecular complexity index is 542. The molecule has 1 unspecified atom stereocenters. The summed E-state index contributed by atoms with van der Waals surface area (Å²) in [5.74, 6) is 1.53. The highest BCUT2D eigenvalue weighted by atomic mass is 35.5. The van der Waals surface area contributed by atoms with E-state index in [0.29, 0.717) is 11.1 Å². The number of benzene rings is 1. The first-order valence-electron chi connectivity index (χ1n) is 6.25. The first kappa shape index (κ1) is 13.1. The predicted octanol–water partition coefficient (Wildman–Crippen LogP) is 3.77. The van der Waals surface area contributed by atoms with Gasteiger partial charge in [-0.25, -0.2) is 0 Å². The molecule has 0 saturated heterocycles. The third-order valence-corrected chi connectivity index (χ3v) is 3.55. The van der Waals surface area contributed by atoms with Gasteiger partial charge in [0, 0.05) is 24.4 Å². The topological polar surface area (TPSA) is 29.0 Å². The molecule has 0 fully saturated rings. The number of rotatable bonds is 4. The SMILES string of the molecule is CCC(C)CN(C)c1nnc(Cl)c2ccccc12. The standard InChI is InChI=1S/C14H18ClN3/c1-4-10(2)9-18(3)14-12-8-6-5-7-11(12)13(15)16-17-14/h5-8,10H,4,9H2,1-3H3. The van der Waals surface area contributed by atoms with Crippen LogP contribution in [0.2, 0.25) is 5.15 Å². The van der Waals surface area contributed by atoms with Gasteiger partial charge >= 0.3 is 0 Å². The summed E-state index contributed by atoms with van der Waals surface area (Å²) in [6.45, 7) is 5.41. The van der Waals surface area contributed by atoms with Crippen molar-refractivity contribution < 1.29 is 0 Å². The minimum atomic E-state index is 0.464. The van der Waals surface area contributed by atoms with Gasteiger partial charge in [-0.15, -0.1) is 10.2 Å². The summed E-state index contributed by atoms with van der Waals surface area (Å²) in [7, 11) is 2.05. The molecule has 1 aromatic carbocycles. The molecule has 1 atom stereocenters. The summed E-state index contributed by atoms with van der Waals surface area (Å²) in [5, 5.41) is 10.8. The number of aromatic nitrogens is 2. The van der Waals surface area contributed by atoms with Gasteiger partial charge in [-0.2, -0.15) is 0 Å². The number of hydrogen-bond donors (Lipinski definition) is 0. The number of halogens is 1. The van der Waals surface area contributed by atoms with Crippen molar-refractivity contribution in [1.29, 1.82) is 0 Å². The van der Waals surface area contributed by atoms with Crippen LogP contribution in [0.25, 0.3) is 10.8 Å². The molecule has 0 N–H and O–H groups in total. The summed E-state index contributed by atoms with van der Waals surface area (Å²) in [6, 6.07) is 7.99. The zero-order valence-corrected chi connectivity index (χ0v) is 11.8. The maximum atomic E-state index is 6.07. The average Bonchev–Trinajstić information content (AvgIpc) is 2.39. The number of nitrogens with zero attached hydrogens (tertiary/aromatic N) is 3. The van der Waals surface area contributed by atoms with Crippen molar-refractivity contribution >= 4 is 28.2 Å². The van der Waals surface area contributed by atoms with Crippen molar-refractivity contribution in [1.82, 2.24) is 10.2 Å². The van der Waals surface area contributed by atoms with Gasteiger partial charge in [0.2, 0.25) is 0 Å². The van der Waals surface area contributed by atoms with Crippen LogP contribution in [0.15, 0.2) is 24.3 Å². The Morgan fingerprint density at radius 3 is 2.56 bits per heavy atom. The van der Waals surface area contributed by atoms with Crippen LogP contribution in [0.3, 0.4) is 0 Å². The Kier molecular flexibility index (Phi) is 4.02. The summed E-state index contributed by atoms with van der Waals surface area (Å²) in [5.41, 5.74) is 0. The molecule has 0 radical (unpaired) electrons. The van der Waals surface area contributed by atoms with Gasteiger partial charge in [-0.3, -0.25) is 0 Å². The van der Waals surface area contributed by atoms with E-state index >= 15 is 0 Å². The van der Waals surface area contributed by atoms with Crippen molar-refractivity contribution in [2.24, 2.45) is 5.92 Å². The van der Waals surface area contributed by atoms with Crippen LogP contribution in [-0.4, -0.2) is 23.8 Å². The van der Waals surface area contributed by atoms with Gasteiger partial charge < -0.3 is 4.90 Å². The highest BCUT2D eigenvalue weighted by Gasteiger charge is 2.12. The molecule has 96 valence electrons. The monoisotopic (exact) mass is 263 g/mol. The van der Waals surface area contributed by atoms with Gasteiger partial charge in [0.25, 0.3) is 0 Å². The zero-order chi connectivity index (χ0) is 13.1. The second-order valence-corrected chi connectivity index (χ2v) is 5.11. The smallest absolute Gasteiger partial charge is 0.159 e. The number of anilines is 1.